The van der Waals surface area contributed by atoms with Gasteiger partial charge >= 0.3 is 0 Å². The highest BCUT2D eigenvalue weighted by Crippen LogP contribution is 2.31. The first-order valence-electron chi connectivity index (χ1n) is 10.2. The molecular formula is C22H23ClN4O4S. The summed E-state index contributed by atoms with van der Waals surface area (Å²) >= 11 is 6.14. The fourth-order valence-corrected chi connectivity index (χ4v) is 4.48. The van der Waals surface area contributed by atoms with E-state index in [0.29, 0.717) is 34.1 Å². The number of halogens is 1. The molecule has 4 rings (SSSR count). The third kappa shape index (κ3) is 5.18. The first-order chi connectivity index (χ1) is 15.3. The molecule has 1 aromatic heterocycles. The van der Waals surface area contributed by atoms with Gasteiger partial charge in [0.15, 0.2) is 6.23 Å². The lowest BCUT2D eigenvalue weighted by Crippen LogP contribution is -2.20. The fraction of sp³-hybridized carbons (Fsp3) is 0.273. The van der Waals surface area contributed by atoms with Crippen molar-refractivity contribution in [2.24, 2.45) is 5.14 Å². The van der Waals surface area contributed by atoms with E-state index >= 15 is 0 Å². The van der Waals surface area contributed by atoms with Crippen molar-refractivity contribution in [3.05, 3.63) is 65.3 Å². The maximum absolute atomic E-state index is 12.6. The number of carbonyl (C=O) groups excluding carboxylic acids is 1. The lowest BCUT2D eigenvalue weighted by Gasteiger charge is -2.24. The molecule has 2 heterocycles. The van der Waals surface area contributed by atoms with E-state index in [2.05, 4.69) is 10.4 Å². The third-order valence-corrected chi connectivity index (χ3v) is 6.48. The van der Waals surface area contributed by atoms with Crippen molar-refractivity contribution >= 4 is 33.2 Å². The number of hydrogen-bond donors (Lipinski definition) is 2. The van der Waals surface area contributed by atoms with Crippen molar-refractivity contribution in [1.82, 2.24) is 9.78 Å². The van der Waals surface area contributed by atoms with Gasteiger partial charge < -0.3 is 10.1 Å². The number of primary sulfonamides is 1. The molecule has 0 spiro atoms. The Morgan fingerprint density at radius 3 is 2.75 bits per heavy atom. The zero-order valence-corrected chi connectivity index (χ0v) is 18.8. The van der Waals surface area contributed by atoms with E-state index in [9.17, 15) is 13.2 Å². The average molecular weight is 475 g/mol. The summed E-state index contributed by atoms with van der Waals surface area (Å²) in [6.07, 6.45) is 4.27. The van der Waals surface area contributed by atoms with Crippen LogP contribution in [-0.4, -0.2) is 30.7 Å². The number of sulfonamides is 1. The summed E-state index contributed by atoms with van der Waals surface area (Å²) in [6.45, 7) is 0.643. The third-order valence-electron chi connectivity index (χ3n) is 5.22. The molecule has 3 N–H and O–H groups in total. The minimum absolute atomic E-state index is 0.0441. The van der Waals surface area contributed by atoms with Crippen molar-refractivity contribution in [1.29, 1.82) is 0 Å². The predicted octanol–water partition coefficient (Wildman–Crippen LogP) is 3.73. The fourth-order valence-electron chi connectivity index (χ4n) is 3.69. The molecule has 1 atom stereocenters. The SMILES string of the molecule is NS(=O)(=O)c1cc(NC(=O)Cc2ccccc2Cl)cc(-c2ccnn2C2CCCCO2)c1. The Morgan fingerprint density at radius 2 is 2.03 bits per heavy atom. The Kier molecular flexibility index (Phi) is 6.61. The Bertz CT molecular complexity index is 1240. The van der Waals surface area contributed by atoms with Gasteiger partial charge in [0.25, 0.3) is 0 Å². The quantitative estimate of drug-likeness (QED) is 0.564. The molecule has 168 valence electrons. The normalized spacial score (nSPS) is 16.6. The molecule has 1 unspecified atom stereocenters. The summed E-state index contributed by atoms with van der Waals surface area (Å²) < 4.78 is 31.8. The Hall–Kier alpha value is -2.72. The number of carbonyl (C=O) groups is 1. The number of nitrogens with two attached hydrogens (primary N) is 1. The highest BCUT2D eigenvalue weighted by molar-refractivity contribution is 7.89. The zero-order chi connectivity index (χ0) is 22.7. The number of nitrogens with one attached hydrogen (secondary N) is 1. The van der Waals surface area contributed by atoms with Crippen molar-refractivity contribution in [2.75, 3.05) is 11.9 Å². The number of anilines is 1. The molecule has 32 heavy (non-hydrogen) atoms. The number of amides is 1. The second kappa shape index (κ2) is 9.41. The van der Waals surface area contributed by atoms with Crippen molar-refractivity contribution in [3.8, 4) is 11.3 Å². The van der Waals surface area contributed by atoms with Crippen molar-refractivity contribution < 1.29 is 17.9 Å². The molecule has 1 saturated heterocycles. The van der Waals surface area contributed by atoms with Crippen LogP contribution in [0, 0.1) is 0 Å². The monoisotopic (exact) mass is 474 g/mol. The molecule has 2 aromatic carbocycles. The van der Waals surface area contributed by atoms with Gasteiger partial charge in [-0.15, -0.1) is 0 Å². The summed E-state index contributed by atoms with van der Waals surface area (Å²) in [7, 11) is -4.01. The molecule has 1 aliphatic heterocycles. The molecule has 0 radical (unpaired) electrons. The van der Waals surface area contributed by atoms with Gasteiger partial charge in [0.1, 0.15) is 0 Å². The van der Waals surface area contributed by atoms with Gasteiger partial charge in [-0.2, -0.15) is 5.10 Å². The molecule has 3 aromatic rings. The van der Waals surface area contributed by atoms with Crippen molar-refractivity contribution in [3.63, 3.8) is 0 Å². The highest BCUT2D eigenvalue weighted by Gasteiger charge is 2.21. The summed E-state index contributed by atoms with van der Waals surface area (Å²) in [5.41, 5.74) is 2.20. The molecule has 1 fully saturated rings. The van der Waals surface area contributed by atoms with Crippen LogP contribution in [0.25, 0.3) is 11.3 Å². The van der Waals surface area contributed by atoms with E-state index in [0.717, 1.165) is 19.3 Å². The first-order valence-corrected chi connectivity index (χ1v) is 12.1. The maximum atomic E-state index is 12.6. The second-order valence-corrected chi connectivity index (χ2v) is 9.56. The van der Waals surface area contributed by atoms with E-state index in [1.165, 1.54) is 12.1 Å². The van der Waals surface area contributed by atoms with Crippen LogP contribution in [0.5, 0.6) is 0 Å². The van der Waals surface area contributed by atoms with Gasteiger partial charge in [-0.3, -0.25) is 4.79 Å². The van der Waals surface area contributed by atoms with Crippen LogP contribution >= 0.6 is 11.6 Å². The number of benzene rings is 2. The standard InChI is InChI=1S/C22H23ClN4O4S/c23-19-6-2-1-5-15(19)13-21(28)26-17-11-16(12-18(14-17)32(24,29)30)20-8-9-25-27(20)22-7-3-4-10-31-22/h1-2,5-6,8-9,11-12,14,22H,3-4,7,10,13H2,(H,26,28)(H2,24,29,30). The molecular weight excluding hydrogens is 452 g/mol. The van der Waals surface area contributed by atoms with Gasteiger partial charge in [0, 0.05) is 29.1 Å². The van der Waals surface area contributed by atoms with Gasteiger partial charge in [-0.1, -0.05) is 29.8 Å². The average Bonchev–Trinajstić information content (AvgIpc) is 3.25. The topological polar surface area (TPSA) is 116 Å². The van der Waals surface area contributed by atoms with Crippen LogP contribution in [0.3, 0.4) is 0 Å². The molecule has 10 heteroatoms. The minimum atomic E-state index is -4.01. The summed E-state index contributed by atoms with van der Waals surface area (Å²) in [5.74, 6) is -0.334. The van der Waals surface area contributed by atoms with E-state index in [-0.39, 0.29) is 23.5 Å². The van der Waals surface area contributed by atoms with Crippen LogP contribution in [-0.2, 0) is 26.0 Å². The highest BCUT2D eigenvalue weighted by atomic mass is 35.5. The van der Waals surface area contributed by atoms with Gasteiger partial charge in [-0.05, 0) is 55.2 Å². The van der Waals surface area contributed by atoms with Crippen LogP contribution in [0.15, 0.2) is 59.6 Å². The van der Waals surface area contributed by atoms with Crippen LogP contribution in [0.1, 0.15) is 31.1 Å². The Labute approximate surface area is 191 Å². The van der Waals surface area contributed by atoms with E-state index in [1.54, 1.807) is 47.3 Å². The van der Waals surface area contributed by atoms with Gasteiger partial charge in [-0.25, -0.2) is 18.2 Å². The number of nitrogens with zero attached hydrogens (tertiary/aromatic N) is 2. The zero-order valence-electron chi connectivity index (χ0n) is 17.2. The Morgan fingerprint density at radius 1 is 1.22 bits per heavy atom. The summed E-state index contributed by atoms with van der Waals surface area (Å²) in [5, 5.41) is 13.0. The van der Waals surface area contributed by atoms with E-state index < -0.39 is 10.0 Å². The second-order valence-electron chi connectivity index (χ2n) is 7.59. The molecule has 0 aliphatic carbocycles. The molecule has 1 amide bonds. The summed E-state index contributed by atoms with van der Waals surface area (Å²) in [6, 6.07) is 13.3. The lowest BCUT2D eigenvalue weighted by atomic mass is 10.1. The van der Waals surface area contributed by atoms with Gasteiger partial charge in [0.2, 0.25) is 15.9 Å². The van der Waals surface area contributed by atoms with Crippen LogP contribution in [0.4, 0.5) is 5.69 Å². The minimum Gasteiger partial charge on any atom is -0.356 e. The smallest absolute Gasteiger partial charge is 0.238 e. The number of aromatic nitrogens is 2. The molecule has 0 bridgehead atoms. The van der Waals surface area contributed by atoms with Crippen LogP contribution in [0.2, 0.25) is 5.02 Å². The largest absolute Gasteiger partial charge is 0.356 e. The molecule has 0 saturated carbocycles. The number of hydrogen-bond acceptors (Lipinski definition) is 5. The number of rotatable bonds is 6. The molecule has 1 aliphatic rings. The lowest BCUT2D eigenvalue weighted by molar-refractivity contribution is -0.115. The molecule has 8 nitrogen and oxygen atoms in total. The van der Waals surface area contributed by atoms with E-state index in [4.69, 9.17) is 21.5 Å². The van der Waals surface area contributed by atoms with Crippen LogP contribution < -0.4 is 10.5 Å². The van der Waals surface area contributed by atoms with E-state index in [1.807, 2.05) is 0 Å². The predicted molar refractivity (Wildman–Crippen MR) is 122 cm³/mol. The van der Waals surface area contributed by atoms with Crippen molar-refractivity contribution in [2.45, 2.75) is 36.8 Å². The Balaban J connectivity index is 1.66. The number of ether oxygens (including phenoxy) is 1. The summed E-state index contributed by atoms with van der Waals surface area (Å²) in [4.78, 5) is 12.5. The van der Waals surface area contributed by atoms with Gasteiger partial charge in [0.05, 0.1) is 17.0 Å². The first kappa shape index (κ1) is 22.5. The maximum Gasteiger partial charge on any atom is 0.238 e.